The van der Waals surface area contributed by atoms with E-state index in [1.165, 1.54) is 60.8 Å². The van der Waals surface area contributed by atoms with E-state index in [9.17, 15) is 19.2 Å². The van der Waals surface area contributed by atoms with Gasteiger partial charge in [-0.3, -0.25) is 9.59 Å². The minimum Gasteiger partial charge on any atom is -0.477 e. The van der Waals surface area contributed by atoms with Gasteiger partial charge in [-0.1, -0.05) is 129 Å². The first-order valence-electron chi connectivity index (χ1n) is 29.4. The van der Waals surface area contributed by atoms with Gasteiger partial charge in [-0.25, -0.2) is 9.59 Å². The summed E-state index contributed by atoms with van der Waals surface area (Å²) in [6.07, 6.45) is 8.13. The number of hydrogen-bond acceptors (Lipinski definition) is 11. The van der Waals surface area contributed by atoms with Crippen molar-refractivity contribution >= 4 is 35.7 Å². The summed E-state index contributed by atoms with van der Waals surface area (Å²) >= 11 is 5.76. The molecule has 5 atom stereocenters. The molecule has 3 aliphatic carbocycles. The zero-order valence-electron chi connectivity index (χ0n) is 50.4. The number of likely N-dealkylation sites (tertiary alicyclic amines) is 2. The summed E-state index contributed by atoms with van der Waals surface area (Å²) in [5.74, 6) is 6.20. The third kappa shape index (κ3) is 18.4. The van der Waals surface area contributed by atoms with Gasteiger partial charge in [-0.2, -0.15) is 0 Å². The van der Waals surface area contributed by atoms with E-state index in [4.69, 9.17) is 44.8 Å². The van der Waals surface area contributed by atoms with Crippen LogP contribution in [0.1, 0.15) is 224 Å². The fourth-order valence-corrected chi connectivity index (χ4v) is 10.8. The monoisotopic (exact) mass is 1110 g/mol. The Balaban J connectivity index is 0.000000200. The van der Waals surface area contributed by atoms with Gasteiger partial charge in [0.25, 0.3) is 0 Å². The molecule has 2 aliphatic heterocycles. The van der Waals surface area contributed by atoms with Crippen LogP contribution in [0.25, 0.3) is 0 Å². The van der Waals surface area contributed by atoms with Crippen LogP contribution in [0, 0.1) is 29.6 Å². The molecule has 0 spiro atoms. The number of nitrogens with zero attached hydrogens (tertiary/aromatic N) is 2. The average Bonchev–Trinajstić information content (AvgIpc) is 4.39. The largest absolute Gasteiger partial charge is 0.477 e. The molecular weight excluding hydrogens is 1020 g/mol. The van der Waals surface area contributed by atoms with E-state index in [-0.39, 0.29) is 55.6 Å². The van der Waals surface area contributed by atoms with Crippen molar-refractivity contribution in [2.75, 3.05) is 45.8 Å². The molecule has 14 heteroatoms. The lowest BCUT2D eigenvalue weighted by Gasteiger charge is -2.24. The quantitative estimate of drug-likeness (QED) is 0.0490. The van der Waals surface area contributed by atoms with Gasteiger partial charge in [-0.15, -0.1) is 0 Å². The van der Waals surface area contributed by atoms with Crippen molar-refractivity contribution < 1.29 is 52.3 Å². The summed E-state index contributed by atoms with van der Waals surface area (Å²) in [6.45, 7) is 32.1. The Labute approximate surface area is 478 Å². The molecule has 2 saturated heterocycles. The molecular formula is C65H95ClN2O11. The van der Waals surface area contributed by atoms with Crippen LogP contribution in [0.4, 0.5) is 9.59 Å². The van der Waals surface area contributed by atoms with E-state index in [2.05, 4.69) is 117 Å². The van der Waals surface area contributed by atoms with Crippen LogP contribution in [0.15, 0.2) is 54.6 Å². The van der Waals surface area contributed by atoms with E-state index < -0.39 is 11.2 Å². The Morgan fingerprint density at radius 2 is 0.759 bits per heavy atom. The van der Waals surface area contributed by atoms with Gasteiger partial charge in [0.2, 0.25) is 13.6 Å². The molecule has 438 valence electrons. The second kappa shape index (κ2) is 28.0. The van der Waals surface area contributed by atoms with E-state index >= 15 is 0 Å². The molecule has 2 amide bonds. The molecule has 3 aromatic rings. The number of esters is 2. The van der Waals surface area contributed by atoms with Gasteiger partial charge in [-0.05, 0) is 180 Å². The maximum Gasteiger partial charge on any atom is 0.410 e. The van der Waals surface area contributed by atoms with Crippen molar-refractivity contribution in [2.24, 2.45) is 29.6 Å². The van der Waals surface area contributed by atoms with E-state index in [0.717, 1.165) is 34.3 Å². The highest BCUT2D eigenvalue weighted by atomic mass is 35.5. The molecule has 5 aliphatic rings. The number of carbonyl (C=O) groups excluding carboxylic acids is 4. The Kier molecular flexibility index (Phi) is 22.3. The van der Waals surface area contributed by atoms with Gasteiger partial charge in [0.05, 0.1) is 11.8 Å². The average molecular weight is 1120 g/mol. The Morgan fingerprint density at radius 3 is 1.03 bits per heavy atom. The van der Waals surface area contributed by atoms with Gasteiger partial charge in [0, 0.05) is 26.2 Å². The highest BCUT2D eigenvalue weighted by molar-refractivity contribution is 6.17. The predicted molar refractivity (Wildman–Crippen MR) is 311 cm³/mol. The third-order valence-corrected chi connectivity index (χ3v) is 16.0. The molecule has 5 fully saturated rings. The maximum atomic E-state index is 12.6. The fraction of sp³-hybridized carbons (Fsp3) is 0.662. The zero-order chi connectivity index (χ0) is 57.9. The van der Waals surface area contributed by atoms with E-state index in [1.807, 2.05) is 41.5 Å². The minimum absolute atomic E-state index is 0.115. The molecule has 3 aromatic carbocycles. The van der Waals surface area contributed by atoms with Crippen LogP contribution in [-0.2, 0) is 28.5 Å². The number of carbonyl (C=O) groups is 4. The molecule has 0 aromatic heterocycles. The topological polar surface area (TPSA) is 139 Å². The van der Waals surface area contributed by atoms with Crippen molar-refractivity contribution in [1.29, 1.82) is 0 Å². The summed E-state index contributed by atoms with van der Waals surface area (Å²) < 4.78 is 39.5. The van der Waals surface area contributed by atoms with Crippen LogP contribution >= 0.6 is 11.6 Å². The van der Waals surface area contributed by atoms with Gasteiger partial charge < -0.3 is 43.0 Å². The zero-order valence-corrected chi connectivity index (χ0v) is 51.2. The smallest absolute Gasteiger partial charge is 0.410 e. The molecule has 13 nitrogen and oxygen atoms in total. The molecule has 0 N–H and O–H groups in total. The second-order valence-electron chi connectivity index (χ2n) is 25.7. The number of ether oxygens (including phenoxy) is 7. The van der Waals surface area contributed by atoms with Crippen LogP contribution in [-0.4, -0.2) is 91.0 Å². The summed E-state index contributed by atoms with van der Waals surface area (Å²) in [5.41, 5.74) is 6.17. The first kappa shape index (κ1) is 63.0. The number of benzene rings is 3. The van der Waals surface area contributed by atoms with Crippen LogP contribution in [0.3, 0.4) is 0 Å². The molecule has 79 heavy (non-hydrogen) atoms. The van der Waals surface area contributed by atoms with Crippen LogP contribution in [0.2, 0.25) is 0 Å². The van der Waals surface area contributed by atoms with Crippen molar-refractivity contribution in [2.45, 2.75) is 202 Å². The lowest BCUT2D eigenvalue weighted by molar-refractivity contribution is -0.155. The Morgan fingerprint density at radius 1 is 0.468 bits per heavy atom. The van der Waals surface area contributed by atoms with Crippen molar-refractivity contribution in [3.63, 3.8) is 0 Å². The lowest BCUT2D eigenvalue weighted by atomic mass is 9.90. The van der Waals surface area contributed by atoms with Gasteiger partial charge in [0.1, 0.15) is 28.5 Å². The summed E-state index contributed by atoms with van der Waals surface area (Å²) in [5, 5.41) is 0. The van der Waals surface area contributed by atoms with Crippen molar-refractivity contribution in [1.82, 2.24) is 9.80 Å². The molecule has 0 radical (unpaired) electrons. The SMILES string of the molecule is CC(C)c1cccc([C@H](C)C2CC2)c1OCCl.CC(C)c1cccc([C@H](C)C2CC2)c1OCOC(=O)C1CCN(C(=O)OC(C)(C)C)C1.CC(C)c1cccc([C@H](C)C2CC2)c1OCOC(=O)C1CCN(C(=O)OC(C)(C)C)C1. The number of amides is 2. The van der Waals surface area contributed by atoms with Gasteiger partial charge >= 0.3 is 24.1 Å². The standard InChI is InChI=1S/2C25H37NO5.C15H21ClO/c2*1-16(2)20-8-7-9-21(17(3)18-10-11-18)22(20)29-15-30-23(27)19-12-13-26(14-19)24(28)31-25(4,5)6;1-10(2)13-5-4-6-14(15(13)17-9-16)11(3)12-7-8-12/h2*7-9,16-19H,10-15H2,1-6H3;4-6,10-12H,7-9H2,1-3H3/t2*17-,19?;11-/m111/s1. The molecule has 2 heterocycles. The highest BCUT2D eigenvalue weighted by Crippen LogP contribution is 2.49. The van der Waals surface area contributed by atoms with Crippen LogP contribution < -0.4 is 14.2 Å². The Bertz CT molecular complexity index is 2370. The first-order valence-corrected chi connectivity index (χ1v) is 29.9. The molecule has 3 saturated carbocycles. The second-order valence-corrected chi connectivity index (χ2v) is 25.9. The number of halogens is 1. The Hall–Kier alpha value is -5.17. The van der Waals surface area contributed by atoms with E-state index in [1.54, 1.807) is 9.80 Å². The van der Waals surface area contributed by atoms with Gasteiger partial charge in [0.15, 0.2) is 6.07 Å². The summed E-state index contributed by atoms with van der Waals surface area (Å²) in [4.78, 5) is 52.7. The number of para-hydroxylation sites is 3. The number of rotatable bonds is 19. The summed E-state index contributed by atoms with van der Waals surface area (Å²) in [7, 11) is 0. The predicted octanol–water partition coefficient (Wildman–Crippen LogP) is 15.8. The minimum atomic E-state index is -0.553. The number of alkyl halides is 1. The number of hydrogen-bond donors (Lipinski definition) is 0. The van der Waals surface area contributed by atoms with Crippen LogP contribution in [0.5, 0.6) is 17.2 Å². The molecule has 2 unspecified atom stereocenters. The molecule has 8 rings (SSSR count). The third-order valence-electron chi connectivity index (χ3n) is 15.9. The molecule has 0 bridgehead atoms. The van der Waals surface area contributed by atoms with Crippen molar-refractivity contribution in [3.05, 3.63) is 88.0 Å². The maximum absolute atomic E-state index is 12.6. The fourth-order valence-electron chi connectivity index (χ4n) is 10.7. The van der Waals surface area contributed by atoms with Crippen molar-refractivity contribution in [3.8, 4) is 17.2 Å². The lowest BCUT2D eigenvalue weighted by Crippen LogP contribution is -2.36. The highest BCUT2D eigenvalue weighted by Gasteiger charge is 2.38. The first-order chi connectivity index (χ1) is 37.3. The van der Waals surface area contributed by atoms with E-state index in [0.29, 0.717) is 86.4 Å². The normalized spacial score (nSPS) is 19.4. The summed E-state index contributed by atoms with van der Waals surface area (Å²) in [6, 6.07) is 19.3.